The number of benzene rings is 1. The zero-order chi connectivity index (χ0) is 8.39. The molecule has 0 bridgehead atoms. The minimum absolute atomic E-state index is 0.861. The first-order valence-corrected chi connectivity index (χ1v) is 4.47. The molecular formula is C10H14N2. The minimum atomic E-state index is 0.861. The first-order chi connectivity index (χ1) is 5.86. The van der Waals surface area contributed by atoms with E-state index in [0.717, 1.165) is 5.69 Å². The molecule has 0 amide bonds. The smallest absolute Gasteiger partial charge is 0.0386 e. The van der Waals surface area contributed by atoms with Crippen LogP contribution in [0.25, 0.3) is 0 Å². The van der Waals surface area contributed by atoms with Crippen LogP contribution in [0.3, 0.4) is 0 Å². The summed E-state index contributed by atoms with van der Waals surface area (Å²) < 4.78 is 0. The van der Waals surface area contributed by atoms with Gasteiger partial charge in [0.15, 0.2) is 0 Å². The lowest BCUT2D eigenvalue weighted by molar-refractivity contribution is 0.949. The van der Waals surface area contributed by atoms with E-state index in [1.165, 1.54) is 31.6 Å². The number of hydrogen-bond donors (Lipinski definition) is 1. The molecule has 64 valence electrons. The summed E-state index contributed by atoms with van der Waals surface area (Å²) in [5.41, 5.74) is 7.83. The molecule has 0 unspecified atom stereocenters. The molecule has 1 aliphatic rings. The highest BCUT2D eigenvalue weighted by molar-refractivity contribution is 5.56. The van der Waals surface area contributed by atoms with Crippen molar-refractivity contribution in [3.63, 3.8) is 0 Å². The Morgan fingerprint density at radius 1 is 1.17 bits per heavy atom. The van der Waals surface area contributed by atoms with E-state index in [9.17, 15) is 0 Å². The molecule has 0 spiro atoms. The van der Waals surface area contributed by atoms with Gasteiger partial charge in [-0.2, -0.15) is 0 Å². The highest BCUT2D eigenvalue weighted by Crippen LogP contribution is 2.21. The summed E-state index contributed by atoms with van der Waals surface area (Å²) in [6, 6.07) is 8.12. The standard InChI is InChI=1S/C10H14N2/c11-9-4-3-5-10(8-9)12-6-1-2-7-12/h3-5,8H,1-2,6-7,11H2. The average molecular weight is 162 g/mol. The summed E-state index contributed by atoms with van der Waals surface area (Å²) in [6.07, 6.45) is 2.63. The second kappa shape index (κ2) is 3.05. The topological polar surface area (TPSA) is 29.3 Å². The predicted octanol–water partition coefficient (Wildman–Crippen LogP) is 1.87. The fraction of sp³-hybridized carbons (Fsp3) is 0.400. The van der Waals surface area contributed by atoms with E-state index < -0.39 is 0 Å². The molecule has 0 atom stereocenters. The third-order valence-corrected chi connectivity index (χ3v) is 2.34. The largest absolute Gasteiger partial charge is 0.399 e. The lowest BCUT2D eigenvalue weighted by Gasteiger charge is -2.17. The molecule has 2 nitrogen and oxygen atoms in total. The number of nitrogen functional groups attached to an aromatic ring is 1. The van der Waals surface area contributed by atoms with Crippen molar-refractivity contribution in [2.45, 2.75) is 12.8 Å². The van der Waals surface area contributed by atoms with Crippen molar-refractivity contribution in [1.29, 1.82) is 0 Å². The summed E-state index contributed by atoms with van der Waals surface area (Å²) in [5, 5.41) is 0. The molecule has 1 aromatic rings. The van der Waals surface area contributed by atoms with Gasteiger partial charge in [0, 0.05) is 24.5 Å². The van der Waals surface area contributed by atoms with Crippen molar-refractivity contribution in [3.8, 4) is 0 Å². The Morgan fingerprint density at radius 2 is 1.92 bits per heavy atom. The molecule has 1 aliphatic heterocycles. The summed E-state index contributed by atoms with van der Waals surface area (Å²) in [6.45, 7) is 2.37. The number of hydrogen-bond acceptors (Lipinski definition) is 2. The van der Waals surface area contributed by atoms with Gasteiger partial charge in [0.05, 0.1) is 0 Å². The van der Waals surface area contributed by atoms with Gasteiger partial charge in [-0.1, -0.05) is 6.07 Å². The van der Waals surface area contributed by atoms with Crippen molar-refractivity contribution < 1.29 is 0 Å². The van der Waals surface area contributed by atoms with Gasteiger partial charge >= 0.3 is 0 Å². The molecule has 1 fully saturated rings. The van der Waals surface area contributed by atoms with E-state index in [1.807, 2.05) is 18.2 Å². The van der Waals surface area contributed by atoms with Crippen LogP contribution in [0.4, 0.5) is 11.4 Å². The van der Waals surface area contributed by atoms with Gasteiger partial charge < -0.3 is 10.6 Å². The Bertz CT molecular complexity index is 264. The molecular weight excluding hydrogens is 148 g/mol. The van der Waals surface area contributed by atoms with Crippen molar-refractivity contribution in [3.05, 3.63) is 24.3 Å². The summed E-state index contributed by atoms with van der Waals surface area (Å²) in [7, 11) is 0. The maximum absolute atomic E-state index is 5.70. The van der Waals surface area contributed by atoms with Crippen LogP contribution in [0.2, 0.25) is 0 Å². The van der Waals surface area contributed by atoms with E-state index in [-0.39, 0.29) is 0 Å². The second-order valence-electron chi connectivity index (χ2n) is 3.29. The van der Waals surface area contributed by atoms with Crippen molar-refractivity contribution >= 4 is 11.4 Å². The van der Waals surface area contributed by atoms with Crippen molar-refractivity contribution in [1.82, 2.24) is 0 Å². The van der Waals surface area contributed by atoms with E-state index in [2.05, 4.69) is 11.0 Å². The summed E-state index contributed by atoms with van der Waals surface area (Å²) in [4.78, 5) is 2.39. The van der Waals surface area contributed by atoms with E-state index in [0.29, 0.717) is 0 Å². The van der Waals surface area contributed by atoms with Gasteiger partial charge in [-0.25, -0.2) is 0 Å². The average Bonchev–Trinajstić information content (AvgIpc) is 2.56. The highest BCUT2D eigenvalue weighted by Gasteiger charge is 2.11. The Balaban J connectivity index is 2.21. The maximum Gasteiger partial charge on any atom is 0.0386 e. The monoisotopic (exact) mass is 162 g/mol. The van der Waals surface area contributed by atoms with Crippen LogP contribution in [0, 0.1) is 0 Å². The molecule has 1 aromatic carbocycles. The van der Waals surface area contributed by atoms with Crippen LogP contribution in [0.1, 0.15) is 12.8 Å². The van der Waals surface area contributed by atoms with E-state index in [4.69, 9.17) is 5.73 Å². The minimum Gasteiger partial charge on any atom is -0.399 e. The van der Waals surface area contributed by atoms with Crippen LogP contribution in [-0.2, 0) is 0 Å². The third-order valence-electron chi connectivity index (χ3n) is 2.34. The van der Waals surface area contributed by atoms with Gasteiger partial charge in [0.2, 0.25) is 0 Å². The fourth-order valence-electron chi connectivity index (χ4n) is 1.70. The first-order valence-electron chi connectivity index (χ1n) is 4.47. The molecule has 0 radical (unpaired) electrons. The van der Waals surface area contributed by atoms with Gasteiger partial charge in [-0.3, -0.25) is 0 Å². The van der Waals surface area contributed by atoms with Crippen molar-refractivity contribution in [2.75, 3.05) is 23.7 Å². The fourth-order valence-corrected chi connectivity index (χ4v) is 1.70. The van der Waals surface area contributed by atoms with Gasteiger partial charge in [-0.15, -0.1) is 0 Å². The Kier molecular flexibility index (Phi) is 1.90. The summed E-state index contributed by atoms with van der Waals surface area (Å²) >= 11 is 0. The lowest BCUT2D eigenvalue weighted by atomic mass is 10.2. The second-order valence-corrected chi connectivity index (χ2v) is 3.29. The quantitative estimate of drug-likeness (QED) is 0.639. The van der Waals surface area contributed by atoms with E-state index >= 15 is 0 Å². The molecule has 2 heteroatoms. The Morgan fingerprint density at radius 3 is 2.58 bits per heavy atom. The van der Waals surface area contributed by atoms with Crippen LogP contribution >= 0.6 is 0 Å². The third kappa shape index (κ3) is 1.37. The zero-order valence-corrected chi connectivity index (χ0v) is 7.16. The molecule has 0 aliphatic carbocycles. The van der Waals surface area contributed by atoms with Crippen molar-refractivity contribution in [2.24, 2.45) is 0 Å². The zero-order valence-electron chi connectivity index (χ0n) is 7.16. The molecule has 1 saturated heterocycles. The molecule has 0 aromatic heterocycles. The van der Waals surface area contributed by atoms with Crippen LogP contribution in [0.5, 0.6) is 0 Å². The highest BCUT2D eigenvalue weighted by atomic mass is 15.1. The number of rotatable bonds is 1. The normalized spacial score (nSPS) is 16.8. The summed E-state index contributed by atoms with van der Waals surface area (Å²) in [5.74, 6) is 0. The maximum atomic E-state index is 5.70. The first kappa shape index (κ1) is 7.47. The molecule has 0 saturated carbocycles. The van der Waals surface area contributed by atoms with Gasteiger partial charge in [0.1, 0.15) is 0 Å². The van der Waals surface area contributed by atoms with E-state index in [1.54, 1.807) is 0 Å². The lowest BCUT2D eigenvalue weighted by Crippen LogP contribution is -2.17. The van der Waals surface area contributed by atoms with Gasteiger partial charge in [-0.05, 0) is 31.0 Å². The van der Waals surface area contributed by atoms with Crippen LogP contribution in [0.15, 0.2) is 24.3 Å². The Labute approximate surface area is 73.0 Å². The van der Waals surface area contributed by atoms with Gasteiger partial charge in [0.25, 0.3) is 0 Å². The molecule has 2 rings (SSSR count). The number of nitrogens with two attached hydrogens (primary N) is 1. The number of nitrogens with zero attached hydrogens (tertiary/aromatic N) is 1. The molecule has 12 heavy (non-hydrogen) atoms. The molecule has 1 heterocycles. The Hall–Kier alpha value is -1.18. The van der Waals surface area contributed by atoms with Crippen LogP contribution in [-0.4, -0.2) is 13.1 Å². The van der Waals surface area contributed by atoms with Crippen LogP contribution < -0.4 is 10.6 Å². The predicted molar refractivity (Wildman–Crippen MR) is 52.3 cm³/mol. The number of anilines is 2. The SMILES string of the molecule is Nc1cccc(N2CCCC2)c1. The molecule has 2 N–H and O–H groups in total.